The second-order valence-electron chi connectivity index (χ2n) is 4.56. The average Bonchev–Trinajstić information content (AvgIpc) is 2.17. The van der Waals surface area contributed by atoms with E-state index in [0.29, 0.717) is 19.6 Å². The fourth-order valence-electron chi connectivity index (χ4n) is 1.83. The highest BCUT2D eigenvalue weighted by Crippen LogP contribution is 2.15. The number of hydrogen-bond donors (Lipinski definition) is 1. The first kappa shape index (κ1) is 13.4. The largest absolute Gasteiger partial charge is 0.340 e. The molecule has 1 aliphatic heterocycles. The van der Waals surface area contributed by atoms with Crippen LogP contribution in [0.15, 0.2) is 0 Å². The quantitative estimate of drug-likeness (QED) is 0.728. The Labute approximate surface area is 96.9 Å². The second-order valence-corrected chi connectivity index (χ2v) is 6.87. The van der Waals surface area contributed by atoms with Gasteiger partial charge in [-0.05, 0) is 5.92 Å². The Morgan fingerprint density at radius 2 is 1.81 bits per heavy atom. The summed E-state index contributed by atoms with van der Waals surface area (Å²) in [7, 11) is -2.93. The lowest BCUT2D eigenvalue weighted by atomic mass is 9.94. The summed E-state index contributed by atoms with van der Waals surface area (Å²) in [4.78, 5) is 13.7. The fourth-order valence-corrected chi connectivity index (χ4v) is 3.03. The van der Waals surface area contributed by atoms with E-state index in [9.17, 15) is 13.2 Å². The number of carbonyl (C=O) groups is 1. The molecule has 1 aliphatic rings. The van der Waals surface area contributed by atoms with E-state index in [1.54, 1.807) is 4.90 Å². The number of rotatable bonds is 3. The van der Waals surface area contributed by atoms with Gasteiger partial charge in [-0.25, -0.2) is 8.42 Å². The van der Waals surface area contributed by atoms with Crippen LogP contribution in [0.5, 0.6) is 0 Å². The number of amides is 1. The molecule has 0 aromatic rings. The van der Waals surface area contributed by atoms with Gasteiger partial charge in [0.25, 0.3) is 0 Å². The highest BCUT2D eigenvalue weighted by molar-refractivity contribution is 7.91. The van der Waals surface area contributed by atoms with Gasteiger partial charge in [-0.2, -0.15) is 0 Å². The van der Waals surface area contributed by atoms with Crippen LogP contribution in [0.2, 0.25) is 0 Å². The standard InChI is InChI=1S/C10H20N2O3S/c1-8(2)9(7-11)10(13)12-3-5-16(14,15)6-4-12/h8-9H,3-7,11H2,1-2H3. The van der Waals surface area contributed by atoms with Gasteiger partial charge in [0.05, 0.1) is 17.4 Å². The molecule has 1 fully saturated rings. The van der Waals surface area contributed by atoms with Crippen molar-refractivity contribution in [3.8, 4) is 0 Å². The molecule has 1 amide bonds. The molecule has 0 aromatic heterocycles. The SMILES string of the molecule is CC(C)C(CN)C(=O)N1CCS(=O)(=O)CC1. The topological polar surface area (TPSA) is 80.5 Å². The molecule has 0 saturated carbocycles. The number of carbonyl (C=O) groups excluding carboxylic acids is 1. The van der Waals surface area contributed by atoms with E-state index in [-0.39, 0.29) is 29.2 Å². The van der Waals surface area contributed by atoms with Crippen molar-refractivity contribution in [2.24, 2.45) is 17.6 Å². The first-order chi connectivity index (χ1) is 7.37. The summed E-state index contributed by atoms with van der Waals surface area (Å²) in [6.07, 6.45) is 0. The smallest absolute Gasteiger partial charge is 0.227 e. The molecular formula is C10H20N2O3S. The maximum Gasteiger partial charge on any atom is 0.227 e. The van der Waals surface area contributed by atoms with Crippen LogP contribution in [-0.2, 0) is 14.6 Å². The Morgan fingerprint density at radius 3 is 2.19 bits per heavy atom. The summed E-state index contributed by atoms with van der Waals surface area (Å²) in [5, 5.41) is 0. The van der Waals surface area contributed by atoms with Crippen molar-refractivity contribution in [2.45, 2.75) is 13.8 Å². The zero-order chi connectivity index (χ0) is 12.3. The molecule has 0 aliphatic carbocycles. The highest BCUT2D eigenvalue weighted by Gasteiger charge is 2.30. The summed E-state index contributed by atoms with van der Waals surface area (Å²) in [5.74, 6) is 0.145. The number of nitrogens with zero attached hydrogens (tertiary/aromatic N) is 1. The molecule has 6 heteroatoms. The Bertz CT molecular complexity index is 337. The average molecular weight is 248 g/mol. The lowest BCUT2D eigenvalue weighted by Gasteiger charge is -2.31. The minimum atomic E-state index is -2.93. The third kappa shape index (κ3) is 3.18. The van der Waals surface area contributed by atoms with Crippen molar-refractivity contribution in [3.63, 3.8) is 0 Å². The predicted molar refractivity (Wildman–Crippen MR) is 62.6 cm³/mol. The summed E-state index contributed by atoms with van der Waals surface area (Å²) in [6.45, 7) is 4.85. The van der Waals surface area contributed by atoms with Crippen molar-refractivity contribution < 1.29 is 13.2 Å². The normalized spacial score (nSPS) is 22.1. The second kappa shape index (κ2) is 5.14. The summed E-state index contributed by atoms with van der Waals surface area (Å²) < 4.78 is 22.5. The molecule has 94 valence electrons. The van der Waals surface area contributed by atoms with Crippen molar-refractivity contribution in [2.75, 3.05) is 31.1 Å². The van der Waals surface area contributed by atoms with Crippen molar-refractivity contribution >= 4 is 15.7 Å². The van der Waals surface area contributed by atoms with Crippen LogP contribution in [-0.4, -0.2) is 50.4 Å². The number of nitrogens with two attached hydrogens (primary N) is 1. The van der Waals surface area contributed by atoms with Crippen molar-refractivity contribution in [1.82, 2.24) is 4.90 Å². The van der Waals surface area contributed by atoms with Crippen molar-refractivity contribution in [3.05, 3.63) is 0 Å². The highest BCUT2D eigenvalue weighted by atomic mass is 32.2. The molecule has 1 rings (SSSR count). The Kier molecular flexibility index (Phi) is 4.32. The molecule has 0 radical (unpaired) electrons. The summed E-state index contributed by atoms with van der Waals surface area (Å²) in [6, 6.07) is 0. The minimum absolute atomic E-state index is 0.00704. The van der Waals surface area contributed by atoms with Gasteiger partial charge in [-0.3, -0.25) is 4.79 Å². The van der Waals surface area contributed by atoms with Crippen LogP contribution in [0.25, 0.3) is 0 Å². The predicted octanol–water partition coefficient (Wildman–Crippen LogP) is -0.526. The van der Waals surface area contributed by atoms with E-state index in [1.165, 1.54) is 0 Å². The lowest BCUT2D eigenvalue weighted by molar-refractivity contribution is -0.136. The van der Waals surface area contributed by atoms with E-state index in [1.807, 2.05) is 13.8 Å². The minimum Gasteiger partial charge on any atom is -0.340 e. The first-order valence-corrected chi connectivity index (χ1v) is 7.39. The maximum atomic E-state index is 12.0. The van der Waals surface area contributed by atoms with E-state index in [4.69, 9.17) is 5.73 Å². The number of hydrogen-bond acceptors (Lipinski definition) is 4. The monoisotopic (exact) mass is 248 g/mol. The molecule has 1 atom stereocenters. The van der Waals surface area contributed by atoms with Gasteiger partial charge >= 0.3 is 0 Å². The van der Waals surface area contributed by atoms with Crippen LogP contribution in [0.1, 0.15) is 13.8 Å². The van der Waals surface area contributed by atoms with E-state index >= 15 is 0 Å². The third-order valence-corrected chi connectivity index (χ3v) is 4.64. The van der Waals surface area contributed by atoms with E-state index < -0.39 is 9.84 Å². The van der Waals surface area contributed by atoms with Crippen LogP contribution in [0.4, 0.5) is 0 Å². The maximum absolute atomic E-state index is 12.0. The van der Waals surface area contributed by atoms with Crippen LogP contribution >= 0.6 is 0 Å². The molecule has 0 bridgehead atoms. The van der Waals surface area contributed by atoms with Crippen LogP contribution in [0.3, 0.4) is 0 Å². The van der Waals surface area contributed by atoms with Gasteiger partial charge in [0, 0.05) is 19.6 Å². The van der Waals surface area contributed by atoms with E-state index in [2.05, 4.69) is 0 Å². The van der Waals surface area contributed by atoms with Crippen LogP contribution < -0.4 is 5.73 Å². The first-order valence-electron chi connectivity index (χ1n) is 5.56. The molecule has 0 aromatic carbocycles. The molecule has 0 spiro atoms. The molecule has 1 unspecified atom stereocenters. The van der Waals surface area contributed by atoms with Gasteiger partial charge in [0.15, 0.2) is 9.84 Å². The van der Waals surface area contributed by atoms with Gasteiger partial charge < -0.3 is 10.6 Å². The Hall–Kier alpha value is -0.620. The number of sulfone groups is 1. The molecular weight excluding hydrogens is 228 g/mol. The van der Waals surface area contributed by atoms with E-state index in [0.717, 1.165) is 0 Å². The molecule has 16 heavy (non-hydrogen) atoms. The fraction of sp³-hybridized carbons (Fsp3) is 0.900. The summed E-state index contributed by atoms with van der Waals surface area (Å²) in [5.41, 5.74) is 5.57. The van der Waals surface area contributed by atoms with Gasteiger partial charge in [0.2, 0.25) is 5.91 Å². The van der Waals surface area contributed by atoms with Gasteiger partial charge in [-0.15, -0.1) is 0 Å². The van der Waals surface area contributed by atoms with Crippen molar-refractivity contribution in [1.29, 1.82) is 0 Å². The zero-order valence-electron chi connectivity index (χ0n) is 9.85. The molecule has 1 heterocycles. The zero-order valence-corrected chi connectivity index (χ0v) is 10.7. The van der Waals surface area contributed by atoms with Gasteiger partial charge in [-0.1, -0.05) is 13.8 Å². The molecule has 2 N–H and O–H groups in total. The molecule has 1 saturated heterocycles. The molecule has 5 nitrogen and oxygen atoms in total. The Morgan fingerprint density at radius 1 is 1.31 bits per heavy atom. The third-order valence-electron chi connectivity index (χ3n) is 3.03. The summed E-state index contributed by atoms with van der Waals surface area (Å²) >= 11 is 0. The van der Waals surface area contributed by atoms with Crippen LogP contribution in [0, 0.1) is 11.8 Å². The Balaban J connectivity index is 2.62. The lowest BCUT2D eigenvalue weighted by Crippen LogP contribution is -2.48. The van der Waals surface area contributed by atoms with Gasteiger partial charge in [0.1, 0.15) is 0 Å².